The van der Waals surface area contributed by atoms with Crippen LogP contribution in [0.1, 0.15) is 28.8 Å². The Morgan fingerprint density at radius 3 is 2.41 bits per heavy atom. The van der Waals surface area contributed by atoms with E-state index in [0.717, 1.165) is 55.7 Å². The monoisotopic (exact) mass is 430 g/mol. The number of carbonyl (C=O) groups is 1. The molecule has 0 N–H and O–H groups in total. The van der Waals surface area contributed by atoms with Crippen molar-refractivity contribution in [3.05, 3.63) is 64.7 Å². The quantitative estimate of drug-likeness (QED) is 0.628. The first-order valence-electron chi connectivity index (χ1n) is 10.3. The third kappa shape index (κ3) is 5.76. The molecule has 2 fully saturated rings. The fourth-order valence-electron chi connectivity index (χ4n) is 3.83. The average molecular weight is 431 g/mol. The summed E-state index contributed by atoms with van der Waals surface area (Å²) in [6.45, 7) is 5.35. The van der Waals surface area contributed by atoms with Crippen LogP contribution >= 0.6 is 23.4 Å². The molecule has 0 aromatic heterocycles. The van der Waals surface area contributed by atoms with E-state index >= 15 is 0 Å². The first-order chi connectivity index (χ1) is 14.2. The van der Waals surface area contributed by atoms with Gasteiger partial charge in [-0.15, -0.1) is 11.8 Å². The van der Waals surface area contributed by atoms with Gasteiger partial charge in [-0.3, -0.25) is 9.69 Å². The molecule has 0 aliphatic carbocycles. The molecule has 1 atom stereocenters. The van der Waals surface area contributed by atoms with Gasteiger partial charge in [0.15, 0.2) is 0 Å². The first kappa shape index (κ1) is 20.7. The van der Waals surface area contributed by atoms with Gasteiger partial charge in [0.2, 0.25) is 0 Å². The maximum atomic E-state index is 12.8. The van der Waals surface area contributed by atoms with Crippen molar-refractivity contribution in [1.82, 2.24) is 9.80 Å². The Morgan fingerprint density at radius 1 is 1.03 bits per heavy atom. The molecule has 2 aliphatic rings. The van der Waals surface area contributed by atoms with Crippen LogP contribution in [-0.2, 0) is 10.5 Å². The lowest BCUT2D eigenvalue weighted by atomic mass is 10.1. The van der Waals surface area contributed by atoms with Crippen LogP contribution in [0.2, 0.25) is 5.02 Å². The Hall–Kier alpha value is -1.53. The standard InChI is InChI=1S/C23H27ClN2O2S/c24-20-7-9-22(10-8-20)29-17-18-3-5-19(6-4-18)23(27)26-13-11-25(12-14-26)16-21-2-1-15-28-21/h3-10,21H,1-2,11-17H2. The van der Waals surface area contributed by atoms with Crippen molar-refractivity contribution in [2.75, 3.05) is 39.3 Å². The lowest BCUT2D eigenvalue weighted by Gasteiger charge is -2.35. The second kappa shape index (κ2) is 9.98. The second-order valence-electron chi connectivity index (χ2n) is 7.67. The van der Waals surface area contributed by atoms with Crippen LogP contribution in [0.25, 0.3) is 0 Å². The minimum atomic E-state index is 0.138. The van der Waals surface area contributed by atoms with Gasteiger partial charge in [0.1, 0.15) is 0 Å². The molecule has 2 aliphatic heterocycles. The smallest absolute Gasteiger partial charge is 0.253 e. The van der Waals surface area contributed by atoms with E-state index in [4.69, 9.17) is 16.3 Å². The number of thioether (sulfide) groups is 1. The predicted molar refractivity (Wildman–Crippen MR) is 119 cm³/mol. The topological polar surface area (TPSA) is 32.8 Å². The van der Waals surface area contributed by atoms with Gasteiger partial charge >= 0.3 is 0 Å². The number of hydrogen-bond donors (Lipinski definition) is 0. The minimum Gasteiger partial charge on any atom is -0.377 e. The molecule has 2 saturated heterocycles. The van der Waals surface area contributed by atoms with Gasteiger partial charge in [-0.05, 0) is 54.8 Å². The fourth-order valence-corrected chi connectivity index (χ4v) is 4.81. The Balaban J connectivity index is 1.25. The molecule has 4 rings (SSSR count). The van der Waals surface area contributed by atoms with E-state index in [1.165, 1.54) is 23.3 Å². The summed E-state index contributed by atoms with van der Waals surface area (Å²) in [5.74, 6) is 1.01. The van der Waals surface area contributed by atoms with Gasteiger partial charge < -0.3 is 9.64 Å². The maximum Gasteiger partial charge on any atom is 0.253 e. The molecule has 0 bridgehead atoms. The molecule has 2 aromatic carbocycles. The highest BCUT2D eigenvalue weighted by Crippen LogP contribution is 2.24. The Kier molecular flexibility index (Phi) is 7.14. The van der Waals surface area contributed by atoms with E-state index in [9.17, 15) is 4.79 Å². The molecule has 2 aromatic rings. The highest BCUT2D eigenvalue weighted by Gasteiger charge is 2.25. The van der Waals surface area contributed by atoms with E-state index in [1.54, 1.807) is 11.8 Å². The lowest BCUT2D eigenvalue weighted by molar-refractivity contribution is 0.0433. The number of piperazine rings is 1. The van der Waals surface area contributed by atoms with Crippen molar-refractivity contribution >= 4 is 29.3 Å². The summed E-state index contributed by atoms with van der Waals surface area (Å²) in [6, 6.07) is 15.9. The van der Waals surface area contributed by atoms with Gasteiger partial charge in [-0.1, -0.05) is 23.7 Å². The van der Waals surface area contributed by atoms with Gasteiger partial charge in [0, 0.05) is 60.6 Å². The van der Waals surface area contributed by atoms with Crippen LogP contribution in [0.5, 0.6) is 0 Å². The van der Waals surface area contributed by atoms with Gasteiger partial charge in [0.05, 0.1) is 6.10 Å². The van der Waals surface area contributed by atoms with Crippen LogP contribution in [0.15, 0.2) is 53.4 Å². The van der Waals surface area contributed by atoms with Gasteiger partial charge in [0.25, 0.3) is 5.91 Å². The normalized spacial score (nSPS) is 20.2. The SMILES string of the molecule is O=C(c1ccc(CSc2ccc(Cl)cc2)cc1)N1CCN(CC2CCCO2)CC1. The number of rotatable bonds is 6. The maximum absolute atomic E-state index is 12.8. The molecule has 4 nitrogen and oxygen atoms in total. The summed E-state index contributed by atoms with van der Waals surface area (Å²) < 4.78 is 5.73. The van der Waals surface area contributed by atoms with Crippen molar-refractivity contribution < 1.29 is 9.53 Å². The number of ether oxygens (including phenoxy) is 1. The van der Waals surface area contributed by atoms with Gasteiger partial charge in [-0.25, -0.2) is 0 Å². The molecular formula is C23H27ClN2O2S. The number of benzene rings is 2. The molecule has 1 unspecified atom stereocenters. The summed E-state index contributed by atoms with van der Waals surface area (Å²) in [7, 11) is 0. The molecular weight excluding hydrogens is 404 g/mol. The molecule has 154 valence electrons. The Morgan fingerprint density at radius 2 is 1.76 bits per heavy atom. The van der Waals surface area contributed by atoms with Crippen molar-refractivity contribution in [2.45, 2.75) is 29.6 Å². The zero-order chi connectivity index (χ0) is 20.1. The third-order valence-corrected chi connectivity index (χ3v) is 6.90. The van der Waals surface area contributed by atoms with E-state index in [2.05, 4.69) is 17.0 Å². The second-order valence-corrected chi connectivity index (χ2v) is 9.15. The van der Waals surface area contributed by atoms with Crippen LogP contribution in [0.3, 0.4) is 0 Å². The molecule has 6 heteroatoms. The van der Waals surface area contributed by atoms with Crippen LogP contribution in [-0.4, -0.2) is 61.1 Å². The van der Waals surface area contributed by atoms with E-state index in [0.29, 0.717) is 6.10 Å². The number of halogens is 1. The average Bonchev–Trinajstić information content (AvgIpc) is 3.27. The molecule has 2 heterocycles. The van der Waals surface area contributed by atoms with Gasteiger partial charge in [-0.2, -0.15) is 0 Å². The molecule has 0 spiro atoms. The molecule has 0 radical (unpaired) electrons. The third-order valence-electron chi connectivity index (χ3n) is 5.57. The summed E-state index contributed by atoms with van der Waals surface area (Å²) in [5, 5.41) is 0.755. The molecule has 1 amide bonds. The van der Waals surface area contributed by atoms with E-state index in [-0.39, 0.29) is 5.91 Å². The largest absolute Gasteiger partial charge is 0.377 e. The number of carbonyl (C=O) groups excluding carboxylic acids is 1. The minimum absolute atomic E-state index is 0.138. The number of hydrogen-bond acceptors (Lipinski definition) is 4. The Labute approximate surface area is 182 Å². The number of nitrogens with zero attached hydrogens (tertiary/aromatic N) is 2. The van der Waals surface area contributed by atoms with Crippen molar-refractivity contribution in [2.24, 2.45) is 0 Å². The van der Waals surface area contributed by atoms with Crippen LogP contribution in [0, 0.1) is 0 Å². The highest BCUT2D eigenvalue weighted by atomic mass is 35.5. The van der Waals surface area contributed by atoms with Crippen molar-refractivity contribution in [3.8, 4) is 0 Å². The fraction of sp³-hybridized carbons (Fsp3) is 0.435. The lowest BCUT2D eigenvalue weighted by Crippen LogP contribution is -2.50. The summed E-state index contributed by atoms with van der Waals surface area (Å²) in [6.07, 6.45) is 2.73. The van der Waals surface area contributed by atoms with Crippen molar-refractivity contribution in [3.63, 3.8) is 0 Å². The predicted octanol–water partition coefficient (Wildman–Crippen LogP) is 4.57. The first-order valence-corrected chi connectivity index (χ1v) is 11.6. The zero-order valence-corrected chi connectivity index (χ0v) is 18.1. The molecule has 0 saturated carbocycles. The van der Waals surface area contributed by atoms with Crippen LogP contribution in [0.4, 0.5) is 0 Å². The Bertz CT molecular complexity index is 799. The highest BCUT2D eigenvalue weighted by molar-refractivity contribution is 7.98. The summed E-state index contributed by atoms with van der Waals surface area (Å²) in [4.78, 5) is 18.4. The summed E-state index contributed by atoms with van der Waals surface area (Å²) >= 11 is 7.70. The molecule has 29 heavy (non-hydrogen) atoms. The van der Waals surface area contributed by atoms with Crippen molar-refractivity contribution in [1.29, 1.82) is 0 Å². The number of amides is 1. The van der Waals surface area contributed by atoms with E-state index in [1.807, 2.05) is 41.3 Å². The zero-order valence-electron chi connectivity index (χ0n) is 16.6. The summed E-state index contributed by atoms with van der Waals surface area (Å²) in [5.41, 5.74) is 1.99. The van der Waals surface area contributed by atoms with E-state index < -0.39 is 0 Å². The van der Waals surface area contributed by atoms with Crippen LogP contribution < -0.4 is 0 Å².